The van der Waals surface area contributed by atoms with Crippen LogP contribution in [0.15, 0.2) is 12.1 Å². The number of carboxylic acids is 1. The summed E-state index contributed by atoms with van der Waals surface area (Å²) in [6, 6.07) is 1.55. The van der Waals surface area contributed by atoms with E-state index in [4.69, 9.17) is 9.84 Å². The molecule has 0 unspecified atom stereocenters. The van der Waals surface area contributed by atoms with Crippen LogP contribution in [0, 0.1) is 0 Å². The van der Waals surface area contributed by atoms with Crippen molar-refractivity contribution in [2.75, 3.05) is 32.2 Å². The van der Waals surface area contributed by atoms with Gasteiger partial charge in [0.2, 0.25) is 0 Å². The molecule has 1 N–H and O–H groups in total. The average Bonchev–Trinajstić information content (AvgIpc) is 2.33. The summed E-state index contributed by atoms with van der Waals surface area (Å²) >= 11 is 0. The summed E-state index contributed by atoms with van der Waals surface area (Å²) in [7, 11) is 2.89. The van der Waals surface area contributed by atoms with Gasteiger partial charge in [-0.05, 0) is 12.1 Å². The number of hydrogen-bond donors (Lipinski definition) is 1. The molecule has 0 aliphatic rings. The first-order valence-corrected chi connectivity index (χ1v) is 5.29. The standard InChI is InChI=1S/C11H13F3N2O3/c1-16(5-6-19-2)9-7(10(17)18)3-4-8(15-9)11(12,13)14/h3-4H,5-6H2,1-2H3,(H,17,18). The molecule has 0 bridgehead atoms. The van der Waals surface area contributed by atoms with E-state index in [9.17, 15) is 18.0 Å². The van der Waals surface area contributed by atoms with Crippen LogP contribution in [0.4, 0.5) is 19.0 Å². The van der Waals surface area contributed by atoms with Crippen LogP contribution in [0.3, 0.4) is 0 Å². The highest BCUT2D eigenvalue weighted by atomic mass is 19.4. The average molecular weight is 278 g/mol. The van der Waals surface area contributed by atoms with Crippen LogP contribution in [0.5, 0.6) is 0 Å². The molecule has 0 saturated heterocycles. The number of alkyl halides is 3. The van der Waals surface area contributed by atoms with Gasteiger partial charge in [-0.3, -0.25) is 0 Å². The third-order valence-corrected chi connectivity index (χ3v) is 2.39. The molecule has 0 spiro atoms. The third kappa shape index (κ3) is 3.82. The summed E-state index contributed by atoms with van der Waals surface area (Å²) in [4.78, 5) is 15.7. The Hall–Kier alpha value is -1.83. The maximum absolute atomic E-state index is 12.6. The van der Waals surface area contributed by atoms with E-state index in [0.717, 1.165) is 6.07 Å². The molecule has 0 radical (unpaired) electrons. The number of methoxy groups -OCH3 is 1. The fraction of sp³-hybridized carbons (Fsp3) is 0.455. The van der Waals surface area contributed by atoms with Crippen molar-refractivity contribution in [3.63, 3.8) is 0 Å². The number of pyridine rings is 1. The number of aromatic carboxylic acids is 1. The summed E-state index contributed by atoms with van der Waals surface area (Å²) in [5.74, 6) is -1.57. The number of halogens is 3. The summed E-state index contributed by atoms with van der Waals surface area (Å²) in [5.41, 5.74) is -1.41. The molecule has 1 rings (SSSR count). The van der Waals surface area contributed by atoms with Gasteiger partial charge in [-0.25, -0.2) is 9.78 Å². The third-order valence-electron chi connectivity index (χ3n) is 2.39. The quantitative estimate of drug-likeness (QED) is 0.891. The molecule has 0 atom stereocenters. The highest BCUT2D eigenvalue weighted by Crippen LogP contribution is 2.30. The Kier molecular flexibility index (Phi) is 4.71. The van der Waals surface area contributed by atoms with Crippen molar-refractivity contribution in [1.29, 1.82) is 0 Å². The molecule has 106 valence electrons. The van der Waals surface area contributed by atoms with Crippen molar-refractivity contribution >= 4 is 11.8 Å². The molecule has 8 heteroatoms. The van der Waals surface area contributed by atoms with E-state index >= 15 is 0 Å². The predicted octanol–water partition coefficient (Wildman–Crippen LogP) is 1.88. The zero-order valence-corrected chi connectivity index (χ0v) is 10.4. The first-order chi connectivity index (χ1) is 8.77. The lowest BCUT2D eigenvalue weighted by atomic mass is 10.2. The maximum atomic E-state index is 12.6. The van der Waals surface area contributed by atoms with E-state index in [1.54, 1.807) is 0 Å². The normalized spacial score (nSPS) is 11.4. The van der Waals surface area contributed by atoms with Gasteiger partial charge in [0.15, 0.2) is 0 Å². The van der Waals surface area contributed by atoms with E-state index in [1.165, 1.54) is 19.1 Å². The topological polar surface area (TPSA) is 62.7 Å². The summed E-state index contributed by atoms with van der Waals surface area (Å²) in [6.07, 6.45) is -4.62. The number of aromatic nitrogens is 1. The molecule has 1 aromatic heterocycles. The van der Waals surface area contributed by atoms with Gasteiger partial charge >= 0.3 is 12.1 Å². The molecule has 1 aromatic rings. The van der Waals surface area contributed by atoms with E-state index in [2.05, 4.69) is 4.98 Å². The molecule has 19 heavy (non-hydrogen) atoms. The molecule has 0 fully saturated rings. The van der Waals surface area contributed by atoms with E-state index < -0.39 is 17.8 Å². The number of carbonyl (C=O) groups is 1. The number of nitrogens with zero attached hydrogens (tertiary/aromatic N) is 2. The van der Waals surface area contributed by atoms with Crippen molar-refractivity contribution in [2.24, 2.45) is 0 Å². The van der Waals surface area contributed by atoms with Gasteiger partial charge in [-0.1, -0.05) is 0 Å². The summed E-state index contributed by atoms with van der Waals surface area (Å²) in [5, 5.41) is 8.95. The van der Waals surface area contributed by atoms with Gasteiger partial charge < -0.3 is 14.7 Å². The van der Waals surface area contributed by atoms with Crippen LogP contribution in [-0.2, 0) is 10.9 Å². The lowest BCUT2D eigenvalue weighted by molar-refractivity contribution is -0.141. The van der Waals surface area contributed by atoms with Gasteiger partial charge in [0.1, 0.15) is 17.1 Å². The second kappa shape index (κ2) is 5.87. The molecule has 0 saturated carbocycles. The number of rotatable bonds is 5. The minimum absolute atomic E-state index is 0.227. The van der Waals surface area contributed by atoms with Gasteiger partial charge in [0.05, 0.1) is 6.61 Å². The van der Waals surface area contributed by atoms with Crippen LogP contribution in [0.25, 0.3) is 0 Å². The first kappa shape index (κ1) is 15.2. The monoisotopic (exact) mass is 278 g/mol. The summed E-state index contributed by atoms with van der Waals surface area (Å²) < 4.78 is 42.5. The van der Waals surface area contributed by atoms with Crippen LogP contribution >= 0.6 is 0 Å². The Morgan fingerprint density at radius 1 is 1.47 bits per heavy atom. The maximum Gasteiger partial charge on any atom is 0.433 e. The van der Waals surface area contributed by atoms with Crippen molar-refractivity contribution in [2.45, 2.75) is 6.18 Å². The van der Waals surface area contributed by atoms with E-state index in [-0.39, 0.29) is 24.5 Å². The van der Waals surface area contributed by atoms with Gasteiger partial charge in [-0.2, -0.15) is 13.2 Å². The molecule has 0 aliphatic heterocycles. The smallest absolute Gasteiger partial charge is 0.433 e. The Morgan fingerprint density at radius 3 is 2.58 bits per heavy atom. The lowest BCUT2D eigenvalue weighted by Crippen LogP contribution is -2.26. The van der Waals surface area contributed by atoms with Crippen molar-refractivity contribution in [3.8, 4) is 0 Å². The SMILES string of the molecule is COCCN(C)c1nc(C(F)(F)F)ccc1C(=O)O. The van der Waals surface area contributed by atoms with E-state index in [1.807, 2.05) is 0 Å². The van der Waals surface area contributed by atoms with Crippen molar-refractivity contribution < 1.29 is 27.8 Å². The molecule has 0 amide bonds. The van der Waals surface area contributed by atoms with E-state index in [0.29, 0.717) is 6.07 Å². The second-order valence-electron chi connectivity index (χ2n) is 3.78. The van der Waals surface area contributed by atoms with Gasteiger partial charge in [-0.15, -0.1) is 0 Å². The van der Waals surface area contributed by atoms with Gasteiger partial charge in [0, 0.05) is 20.7 Å². The molecular formula is C11H13F3N2O3. The zero-order valence-electron chi connectivity index (χ0n) is 10.4. The fourth-order valence-electron chi connectivity index (χ4n) is 1.40. The van der Waals surface area contributed by atoms with Crippen molar-refractivity contribution in [3.05, 3.63) is 23.4 Å². The Balaban J connectivity index is 3.19. The minimum atomic E-state index is -4.62. The zero-order chi connectivity index (χ0) is 14.6. The van der Waals surface area contributed by atoms with Crippen LogP contribution in [-0.4, -0.2) is 43.4 Å². The number of carboxylic acid groups (broad SMARTS) is 1. The van der Waals surface area contributed by atoms with Crippen LogP contribution in [0.2, 0.25) is 0 Å². The Morgan fingerprint density at radius 2 is 2.11 bits per heavy atom. The molecule has 0 aromatic carbocycles. The number of ether oxygens (including phenoxy) is 1. The molecule has 0 aliphatic carbocycles. The van der Waals surface area contributed by atoms with Gasteiger partial charge in [0.25, 0.3) is 0 Å². The van der Waals surface area contributed by atoms with Crippen molar-refractivity contribution in [1.82, 2.24) is 4.98 Å². The molecular weight excluding hydrogens is 265 g/mol. The number of likely N-dealkylation sites (N-methyl/N-ethyl adjacent to an activating group) is 1. The summed E-state index contributed by atoms with van der Waals surface area (Å²) in [6.45, 7) is 0.471. The lowest BCUT2D eigenvalue weighted by Gasteiger charge is -2.20. The van der Waals surface area contributed by atoms with Crippen LogP contribution in [0.1, 0.15) is 16.1 Å². The predicted molar refractivity (Wildman–Crippen MR) is 61.3 cm³/mol. The number of hydrogen-bond acceptors (Lipinski definition) is 4. The molecule has 1 heterocycles. The largest absolute Gasteiger partial charge is 0.478 e. The highest BCUT2D eigenvalue weighted by Gasteiger charge is 2.34. The Labute approximate surface area is 107 Å². The minimum Gasteiger partial charge on any atom is -0.478 e. The molecule has 5 nitrogen and oxygen atoms in total. The number of anilines is 1. The highest BCUT2D eigenvalue weighted by molar-refractivity contribution is 5.93. The Bertz CT molecular complexity index is 463. The fourth-order valence-corrected chi connectivity index (χ4v) is 1.40. The second-order valence-corrected chi connectivity index (χ2v) is 3.78. The van der Waals surface area contributed by atoms with Crippen LogP contribution < -0.4 is 4.90 Å². The first-order valence-electron chi connectivity index (χ1n) is 5.29.